The number of rotatable bonds is 9. The number of urea groups is 1. The van der Waals surface area contributed by atoms with Crippen molar-refractivity contribution in [2.45, 2.75) is 31.3 Å². The summed E-state index contributed by atoms with van der Waals surface area (Å²) in [6, 6.07) is 11.0. The van der Waals surface area contributed by atoms with Crippen molar-refractivity contribution in [1.29, 1.82) is 0 Å². The van der Waals surface area contributed by atoms with Crippen LogP contribution in [0.4, 0.5) is 4.79 Å². The van der Waals surface area contributed by atoms with Crippen molar-refractivity contribution in [1.82, 2.24) is 16.0 Å². The smallest absolute Gasteiger partial charge is 0.319 e. The molecule has 174 valence electrons. The second-order valence-corrected chi connectivity index (χ2v) is 7.93. The molecule has 3 amide bonds. The van der Waals surface area contributed by atoms with Gasteiger partial charge in [0, 0.05) is 22.1 Å². The van der Waals surface area contributed by atoms with Gasteiger partial charge < -0.3 is 20.7 Å². The first-order chi connectivity index (χ1) is 15.9. The molecule has 3 rings (SSSR count). The van der Waals surface area contributed by atoms with Crippen molar-refractivity contribution in [2.24, 2.45) is 0 Å². The summed E-state index contributed by atoms with van der Waals surface area (Å²) < 4.78 is 5.07. The van der Waals surface area contributed by atoms with Crippen molar-refractivity contribution in [2.75, 3.05) is 13.7 Å². The third kappa shape index (κ3) is 6.45. The Morgan fingerprint density at radius 1 is 1.18 bits per heavy atom. The summed E-state index contributed by atoms with van der Waals surface area (Å²) in [5.41, 5.74) is 1.39. The average Bonchev–Trinajstić information content (AvgIpc) is 2.81. The number of carbonyl (C=O) groups is 2. The van der Waals surface area contributed by atoms with Crippen LogP contribution in [0.1, 0.15) is 41.2 Å². The molecular weight excluding hydrogens is 448 g/mol. The van der Waals surface area contributed by atoms with E-state index in [2.05, 4.69) is 16.0 Å². The number of hydrogen-bond donors (Lipinski definition) is 3. The molecule has 0 aliphatic carbocycles. The largest absolute Gasteiger partial charge is 0.497 e. The molecule has 2 aromatic rings. The fourth-order valence-electron chi connectivity index (χ4n) is 3.56. The number of hydrogen-bond acceptors (Lipinski definition) is 5. The normalized spacial score (nSPS) is 18.8. The van der Waals surface area contributed by atoms with Crippen LogP contribution in [0.25, 0.3) is 0 Å². The molecule has 0 radical (unpaired) electrons. The van der Waals surface area contributed by atoms with Crippen molar-refractivity contribution in [3.8, 4) is 5.75 Å². The highest BCUT2D eigenvalue weighted by Gasteiger charge is 2.41. The molecule has 1 aliphatic rings. The van der Waals surface area contributed by atoms with Gasteiger partial charge in [0.1, 0.15) is 11.8 Å². The van der Waals surface area contributed by atoms with Crippen molar-refractivity contribution in [3.63, 3.8) is 0 Å². The van der Waals surface area contributed by atoms with E-state index in [0.717, 1.165) is 0 Å². The van der Waals surface area contributed by atoms with Crippen LogP contribution in [0.3, 0.4) is 0 Å². The third-order valence-corrected chi connectivity index (χ3v) is 5.52. The van der Waals surface area contributed by atoms with Crippen molar-refractivity contribution < 1.29 is 19.2 Å². The Balaban J connectivity index is 1.54. The van der Waals surface area contributed by atoms with Crippen LogP contribution in [0.15, 0.2) is 60.3 Å². The van der Waals surface area contributed by atoms with Gasteiger partial charge in [-0.3, -0.25) is 14.9 Å². The van der Waals surface area contributed by atoms with Crippen LogP contribution in [0, 0.1) is 10.1 Å². The van der Waals surface area contributed by atoms with E-state index in [0.29, 0.717) is 47.7 Å². The Morgan fingerprint density at radius 3 is 2.52 bits per heavy atom. The van der Waals surface area contributed by atoms with Gasteiger partial charge in [-0.1, -0.05) is 29.8 Å². The zero-order chi connectivity index (χ0) is 23.8. The summed E-state index contributed by atoms with van der Waals surface area (Å²) in [6.45, 7) is 0.466. The number of nitrogens with one attached hydrogen (secondary N) is 3. The molecule has 0 aromatic heterocycles. The Labute approximate surface area is 196 Å². The molecule has 10 heteroatoms. The van der Waals surface area contributed by atoms with E-state index < -0.39 is 23.0 Å². The minimum absolute atomic E-state index is 0.180. The molecule has 33 heavy (non-hydrogen) atoms. The number of carbonyl (C=O) groups excluding carboxylic acids is 2. The summed E-state index contributed by atoms with van der Waals surface area (Å²) in [4.78, 5) is 35.7. The number of nitro groups is 1. The number of methoxy groups -OCH3 is 1. The first-order valence-corrected chi connectivity index (χ1v) is 10.9. The fourth-order valence-corrected chi connectivity index (χ4v) is 3.68. The van der Waals surface area contributed by atoms with Gasteiger partial charge in [-0.2, -0.15) is 0 Å². The fraction of sp³-hybridized carbons (Fsp3) is 0.304. The Morgan fingerprint density at radius 2 is 1.88 bits per heavy atom. The molecule has 0 bridgehead atoms. The first-order valence-electron chi connectivity index (χ1n) is 10.5. The highest BCUT2D eigenvalue weighted by atomic mass is 35.5. The number of halogens is 1. The third-order valence-electron chi connectivity index (χ3n) is 5.27. The predicted molar refractivity (Wildman–Crippen MR) is 124 cm³/mol. The van der Waals surface area contributed by atoms with Gasteiger partial charge in [0.2, 0.25) is 0 Å². The first kappa shape index (κ1) is 24.1. The van der Waals surface area contributed by atoms with Gasteiger partial charge in [-0.05, 0) is 61.2 Å². The minimum atomic E-state index is -1.14. The lowest BCUT2D eigenvalue weighted by molar-refractivity contribution is -0.518. The van der Waals surface area contributed by atoms with Gasteiger partial charge in [0.15, 0.2) is 0 Å². The molecule has 1 saturated heterocycles. The van der Waals surface area contributed by atoms with Gasteiger partial charge in [-0.15, -0.1) is 0 Å². The second kappa shape index (κ2) is 11.3. The maximum absolute atomic E-state index is 12.2. The molecule has 1 fully saturated rings. The highest BCUT2D eigenvalue weighted by molar-refractivity contribution is 6.30. The van der Waals surface area contributed by atoms with E-state index in [9.17, 15) is 19.7 Å². The van der Waals surface area contributed by atoms with Crippen LogP contribution < -0.4 is 20.7 Å². The molecule has 0 saturated carbocycles. The lowest BCUT2D eigenvalue weighted by atomic mass is 9.94. The standard InChI is InChI=1S/C23H25ClN4O5/c1-33-18-12-8-16(9-13-18)22(29)25-14-4-2-3-5-19-21(28(31)32)20(27-23(30)26-19)15-6-10-17(24)11-7-15/h5-13,20-21H,2-4,14H2,1H3,(H,25,29)(H2,26,27,30)/b19-5-/t20-,21+/m1/s1. The maximum Gasteiger partial charge on any atom is 0.319 e. The summed E-state index contributed by atoms with van der Waals surface area (Å²) in [5, 5.41) is 20.3. The average molecular weight is 473 g/mol. The number of unbranched alkanes of at least 4 members (excludes halogenated alkanes) is 2. The van der Waals surface area contributed by atoms with Crippen molar-refractivity contribution in [3.05, 3.63) is 86.6 Å². The second-order valence-electron chi connectivity index (χ2n) is 7.50. The van der Waals surface area contributed by atoms with Gasteiger partial charge in [0.25, 0.3) is 11.9 Å². The van der Waals surface area contributed by atoms with Crippen LogP contribution in [0.5, 0.6) is 5.75 Å². The molecule has 3 N–H and O–H groups in total. The van der Waals surface area contributed by atoms with Gasteiger partial charge in [0.05, 0.1) is 12.8 Å². The zero-order valence-electron chi connectivity index (χ0n) is 18.0. The number of amides is 3. The number of benzene rings is 2. The molecule has 0 spiro atoms. The Kier molecular flexibility index (Phi) is 8.26. The van der Waals surface area contributed by atoms with Crippen molar-refractivity contribution >= 4 is 23.5 Å². The van der Waals surface area contributed by atoms with E-state index in [1.165, 1.54) is 0 Å². The minimum Gasteiger partial charge on any atom is -0.497 e. The van der Waals surface area contributed by atoms with E-state index in [-0.39, 0.29) is 11.6 Å². The number of nitrogens with zero attached hydrogens (tertiary/aromatic N) is 1. The summed E-state index contributed by atoms with van der Waals surface area (Å²) >= 11 is 5.91. The summed E-state index contributed by atoms with van der Waals surface area (Å²) in [5.74, 6) is 0.497. The monoisotopic (exact) mass is 472 g/mol. The van der Waals surface area contributed by atoms with Crippen LogP contribution in [-0.2, 0) is 0 Å². The van der Waals surface area contributed by atoms with E-state index in [1.54, 1.807) is 61.7 Å². The molecule has 1 heterocycles. The zero-order valence-corrected chi connectivity index (χ0v) is 18.8. The molecule has 2 atom stereocenters. The number of ether oxygens (including phenoxy) is 1. The lowest BCUT2D eigenvalue weighted by Crippen LogP contribution is -2.54. The van der Waals surface area contributed by atoms with Crippen LogP contribution in [0.2, 0.25) is 5.02 Å². The van der Waals surface area contributed by atoms with E-state index >= 15 is 0 Å². The SMILES string of the molecule is COc1ccc(C(=O)NCCCC/C=C2\NC(=O)N[C@H](c3ccc(Cl)cc3)[C@H]2[N+](=O)[O-])cc1. The van der Waals surface area contributed by atoms with E-state index in [4.69, 9.17) is 16.3 Å². The summed E-state index contributed by atoms with van der Waals surface area (Å²) in [6.07, 6.45) is 3.57. The quantitative estimate of drug-likeness (QED) is 0.291. The molecule has 1 aliphatic heterocycles. The maximum atomic E-state index is 12.2. The van der Waals surface area contributed by atoms with E-state index in [1.807, 2.05) is 0 Å². The predicted octanol–water partition coefficient (Wildman–Crippen LogP) is 3.83. The lowest BCUT2D eigenvalue weighted by Gasteiger charge is -2.29. The summed E-state index contributed by atoms with van der Waals surface area (Å²) in [7, 11) is 1.56. The Hall–Kier alpha value is -3.59. The van der Waals surface area contributed by atoms with Crippen LogP contribution >= 0.6 is 11.6 Å². The van der Waals surface area contributed by atoms with Crippen LogP contribution in [-0.4, -0.2) is 36.6 Å². The highest BCUT2D eigenvalue weighted by Crippen LogP contribution is 2.27. The van der Waals surface area contributed by atoms with Gasteiger partial charge in [-0.25, -0.2) is 4.79 Å². The molecule has 0 unspecified atom stereocenters. The number of allylic oxidation sites excluding steroid dienone is 1. The Bertz CT molecular complexity index is 1020. The molecule has 9 nitrogen and oxygen atoms in total. The topological polar surface area (TPSA) is 123 Å². The van der Waals surface area contributed by atoms with Gasteiger partial charge >= 0.3 is 6.03 Å². The molecular formula is C23H25ClN4O5. The molecule has 2 aromatic carbocycles.